The number of piperazine rings is 1. The lowest BCUT2D eigenvalue weighted by Gasteiger charge is -2.37. The van der Waals surface area contributed by atoms with Crippen LogP contribution in [0, 0.1) is 5.82 Å². The summed E-state index contributed by atoms with van der Waals surface area (Å²) >= 11 is 0. The molecule has 2 aliphatic heterocycles. The minimum atomic E-state index is -4.98. The van der Waals surface area contributed by atoms with Crippen LogP contribution in [0.1, 0.15) is 49.5 Å². The molecule has 232 valence electrons. The molecule has 2 amide bonds. The molecule has 6 rings (SSSR count). The lowest BCUT2D eigenvalue weighted by atomic mass is 9.99. The van der Waals surface area contributed by atoms with Crippen molar-refractivity contribution in [1.29, 1.82) is 0 Å². The number of fused-ring (bicyclic) bond motifs is 2. The molecule has 1 aliphatic carbocycles. The Hall–Kier alpha value is -4.62. The van der Waals surface area contributed by atoms with Gasteiger partial charge in [0.15, 0.2) is 11.6 Å². The van der Waals surface area contributed by atoms with Crippen LogP contribution < -0.4 is 20.3 Å². The fourth-order valence-corrected chi connectivity index (χ4v) is 5.42. The zero-order valence-electron chi connectivity index (χ0n) is 24.2. The molecule has 10 nitrogen and oxygen atoms in total. The van der Waals surface area contributed by atoms with Crippen LogP contribution in [0.2, 0.25) is 0 Å². The SMILES string of the molecule is CC(C)(C)OC(=O)N1CCN(c2ccc(OC(F)(F)F)c(Nc3ncc(F)c(-c4ccc5c(c4)C(=O)NC54CC4)n3)c2)CC1. The average Bonchev–Trinajstić information content (AvgIpc) is 3.67. The molecule has 2 fully saturated rings. The van der Waals surface area contributed by atoms with Gasteiger partial charge >= 0.3 is 12.5 Å². The van der Waals surface area contributed by atoms with E-state index in [0.717, 1.165) is 24.6 Å². The largest absolute Gasteiger partial charge is 0.573 e. The second-order valence-corrected chi connectivity index (χ2v) is 12.0. The van der Waals surface area contributed by atoms with Crippen LogP contribution in [0.5, 0.6) is 5.75 Å². The summed E-state index contributed by atoms with van der Waals surface area (Å²) in [6, 6.07) is 9.08. The van der Waals surface area contributed by atoms with Crippen LogP contribution in [0.25, 0.3) is 11.3 Å². The maximum Gasteiger partial charge on any atom is 0.573 e. The summed E-state index contributed by atoms with van der Waals surface area (Å²) < 4.78 is 64.4. The van der Waals surface area contributed by atoms with Crippen molar-refractivity contribution in [2.24, 2.45) is 0 Å². The Morgan fingerprint density at radius 1 is 1.05 bits per heavy atom. The molecule has 2 N–H and O–H groups in total. The van der Waals surface area contributed by atoms with Gasteiger partial charge in [0.2, 0.25) is 5.95 Å². The number of aromatic nitrogens is 2. The number of nitrogens with one attached hydrogen (secondary N) is 2. The van der Waals surface area contributed by atoms with E-state index < -0.39 is 29.6 Å². The van der Waals surface area contributed by atoms with Crippen molar-refractivity contribution in [1.82, 2.24) is 20.2 Å². The first-order valence-corrected chi connectivity index (χ1v) is 14.1. The fraction of sp³-hybridized carbons (Fsp3) is 0.400. The molecule has 0 radical (unpaired) electrons. The first-order valence-electron chi connectivity index (χ1n) is 14.1. The zero-order valence-corrected chi connectivity index (χ0v) is 24.2. The van der Waals surface area contributed by atoms with Crippen molar-refractivity contribution in [2.45, 2.75) is 51.1 Å². The van der Waals surface area contributed by atoms with Crippen molar-refractivity contribution in [3.8, 4) is 17.0 Å². The van der Waals surface area contributed by atoms with Crippen LogP contribution >= 0.6 is 0 Å². The number of carbonyl (C=O) groups is 2. The number of hydrogen-bond acceptors (Lipinski definition) is 8. The first-order chi connectivity index (χ1) is 20.7. The van der Waals surface area contributed by atoms with E-state index in [1.165, 1.54) is 18.2 Å². The molecule has 0 bridgehead atoms. The number of ether oxygens (including phenoxy) is 2. The number of alkyl halides is 3. The molecule has 3 heterocycles. The molecule has 2 aromatic carbocycles. The van der Waals surface area contributed by atoms with E-state index in [1.807, 2.05) is 4.90 Å². The smallest absolute Gasteiger partial charge is 0.444 e. The number of anilines is 3. The number of rotatable bonds is 5. The Morgan fingerprint density at radius 2 is 1.77 bits per heavy atom. The Bertz CT molecular complexity index is 1630. The number of nitrogens with zero attached hydrogens (tertiary/aromatic N) is 4. The second-order valence-electron chi connectivity index (χ2n) is 12.0. The van der Waals surface area contributed by atoms with Gasteiger partial charge in [-0.1, -0.05) is 12.1 Å². The van der Waals surface area contributed by atoms with E-state index in [-0.39, 0.29) is 28.8 Å². The summed E-state index contributed by atoms with van der Waals surface area (Å²) in [5, 5.41) is 5.71. The van der Waals surface area contributed by atoms with Gasteiger partial charge in [0.1, 0.15) is 11.3 Å². The highest BCUT2D eigenvalue weighted by Gasteiger charge is 2.52. The van der Waals surface area contributed by atoms with E-state index in [2.05, 4.69) is 25.3 Å². The monoisotopic (exact) mass is 614 g/mol. The molecule has 3 aliphatic rings. The summed E-state index contributed by atoms with van der Waals surface area (Å²) in [5.41, 5.74) is 0.974. The fourth-order valence-electron chi connectivity index (χ4n) is 5.42. The highest BCUT2D eigenvalue weighted by molar-refractivity contribution is 6.01. The number of carbonyl (C=O) groups excluding carboxylic acids is 2. The molecular weight excluding hydrogens is 584 g/mol. The lowest BCUT2D eigenvalue weighted by molar-refractivity contribution is -0.274. The first kappa shape index (κ1) is 29.5. The number of benzene rings is 2. The topological polar surface area (TPSA) is 109 Å². The molecule has 1 aromatic heterocycles. The zero-order chi connectivity index (χ0) is 31.4. The van der Waals surface area contributed by atoms with Gasteiger partial charge in [0.25, 0.3) is 5.91 Å². The van der Waals surface area contributed by atoms with Crippen LogP contribution in [-0.2, 0) is 10.3 Å². The molecule has 0 unspecified atom stereocenters. The summed E-state index contributed by atoms with van der Waals surface area (Å²) in [7, 11) is 0. The van der Waals surface area contributed by atoms with Crippen molar-refractivity contribution >= 4 is 29.3 Å². The molecule has 1 saturated heterocycles. The summed E-state index contributed by atoms with van der Waals surface area (Å²) in [6.07, 6.45) is -2.84. The van der Waals surface area contributed by atoms with Gasteiger partial charge in [-0.25, -0.2) is 19.2 Å². The third kappa shape index (κ3) is 6.06. The highest BCUT2D eigenvalue weighted by Crippen LogP contribution is 2.50. The molecule has 14 heteroatoms. The van der Waals surface area contributed by atoms with Gasteiger partial charge in [-0.3, -0.25) is 4.79 Å². The van der Waals surface area contributed by atoms with E-state index in [0.29, 0.717) is 43.0 Å². The minimum absolute atomic E-state index is 0.101. The maximum atomic E-state index is 14.9. The predicted molar refractivity (Wildman–Crippen MR) is 152 cm³/mol. The van der Waals surface area contributed by atoms with Gasteiger partial charge in [-0.15, -0.1) is 13.2 Å². The Balaban J connectivity index is 1.25. The second kappa shape index (κ2) is 10.5. The van der Waals surface area contributed by atoms with E-state index in [1.54, 1.807) is 43.9 Å². The molecule has 3 aromatic rings. The van der Waals surface area contributed by atoms with Crippen LogP contribution in [0.4, 0.5) is 39.7 Å². The van der Waals surface area contributed by atoms with Gasteiger partial charge in [-0.05, 0) is 63.4 Å². The predicted octanol–water partition coefficient (Wildman–Crippen LogP) is 5.71. The van der Waals surface area contributed by atoms with E-state index in [4.69, 9.17) is 4.74 Å². The normalized spacial score (nSPS) is 17.3. The number of halogens is 4. The maximum absolute atomic E-state index is 14.9. The molecular formula is C30H30F4N6O4. The van der Waals surface area contributed by atoms with Crippen molar-refractivity contribution in [3.05, 3.63) is 59.5 Å². The van der Waals surface area contributed by atoms with Crippen molar-refractivity contribution in [3.63, 3.8) is 0 Å². The Labute approximate surface area is 250 Å². The number of hydrogen-bond donors (Lipinski definition) is 2. The van der Waals surface area contributed by atoms with Crippen LogP contribution in [0.15, 0.2) is 42.6 Å². The standard InChI is InChI=1S/C30H30F4N6O4/c1-28(2,3)44-27(42)40-12-10-39(11-13-40)18-5-7-23(43-30(32,33)34)22(15-18)36-26-35-16-21(31)24(37-26)17-4-6-20-19(14-17)25(41)38-29(20)8-9-29/h4-7,14-16H,8-13H2,1-3H3,(H,38,41)(H,35,36,37). The lowest BCUT2D eigenvalue weighted by Crippen LogP contribution is -2.50. The van der Waals surface area contributed by atoms with Crippen LogP contribution in [-0.4, -0.2) is 65.0 Å². The summed E-state index contributed by atoms with van der Waals surface area (Å²) in [4.78, 5) is 36.6. The Morgan fingerprint density at radius 3 is 2.43 bits per heavy atom. The molecule has 1 saturated carbocycles. The third-order valence-corrected chi connectivity index (χ3v) is 7.63. The molecule has 1 spiro atoms. The van der Waals surface area contributed by atoms with Gasteiger partial charge in [-0.2, -0.15) is 0 Å². The van der Waals surface area contributed by atoms with E-state index in [9.17, 15) is 27.2 Å². The van der Waals surface area contributed by atoms with Crippen molar-refractivity contribution in [2.75, 3.05) is 36.4 Å². The molecule has 44 heavy (non-hydrogen) atoms. The minimum Gasteiger partial charge on any atom is -0.444 e. The average molecular weight is 615 g/mol. The van der Waals surface area contributed by atoms with Gasteiger partial charge in [0.05, 0.1) is 17.4 Å². The summed E-state index contributed by atoms with van der Waals surface area (Å²) in [6.45, 7) is 6.85. The molecule has 0 atom stereocenters. The quantitative estimate of drug-likeness (QED) is 0.352. The summed E-state index contributed by atoms with van der Waals surface area (Å²) in [5.74, 6) is -1.72. The van der Waals surface area contributed by atoms with Crippen LogP contribution in [0.3, 0.4) is 0 Å². The highest BCUT2D eigenvalue weighted by atomic mass is 19.4. The Kier molecular flexibility index (Phi) is 7.05. The van der Waals surface area contributed by atoms with Gasteiger partial charge < -0.3 is 29.9 Å². The third-order valence-electron chi connectivity index (χ3n) is 7.63. The van der Waals surface area contributed by atoms with E-state index >= 15 is 0 Å². The van der Waals surface area contributed by atoms with Gasteiger partial charge in [0, 0.05) is 43.0 Å². The number of amides is 2. The van der Waals surface area contributed by atoms with Crippen molar-refractivity contribution < 1.29 is 36.6 Å².